The van der Waals surface area contributed by atoms with Gasteiger partial charge in [-0.15, -0.1) is 0 Å². The van der Waals surface area contributed by atoms with E-state index in [-0.39, 0.29) is 27.6 Å². The molecule has 1 aliphatic rings. The Balaban J connectivity index is 3.48. The lowest BCUT2D eigenvalue weighted by atomic mass is 9.89. The molecule has 0 aromatic carbocycles. The van der Waals surface area contributed by atoms with Crippen LogP contribution in [0.15, 0.2) is 0 Å². The van der Waals surface area contributed by atoms with Crippen LogP contribution < -0.4 is 5.32 Å². The van der Waals surface area contributed by atoms with E-state index in [1.54, 1.807) is 0 Å². The molecule has 0 unspecified atom stereocenters. The number of carbonyl (C=O) groups is 1. The Morgan fingerprint density at radius 3 is 1.60 bits per heavy atom. The maximum Gasteiger partial charge on any atom is 0.226 e. The molecule has 4 heteroatoms. The van der Waals surface area contributed by atoms with Gasteiger partial charge in [0, 0.05) is 15.7 Å². The van der Waals surface area contributed by atoms with Crippen LogP contribution in [0.2, 0.25) is 0 Å². The van der Waals surface area contributed by atoms with Gasteiger partial charge in [-0.25, -0.2) is 0 Å². The first-order chi connectivity index (χ1) is 10.7. The summed E-state index contributed by atoms with van der Waals surface area (Å²) in [4.78, 5) is 12.9. The van der Waals surface area contributed by atoms with Crippen LogP contribution in [-0.2, 0) is 9.36 Å². The Morgan fingerprint density at radius 1 is 0.920 bits per heavy atom. The van der Waals surface area contributed by atoms with Gasteiger partial charge in [0.1, 0.15) is 7.14 Å². The number of hydrogen-bond acceptors (Lipinski definition) is 2. The smallest absolute Gasteiger partial charge is 0.226 e. The van der Waals surface area contributed by atoms with Gasteiger partial charge in [0.25, 0.3) is 0 Å². The minimum absolute atomic E-state index is 0.0117. The van der Waals surface area contributed by atoms with Crippen molar-refractivity contribution in [2.75, 3.05) is 0 Å². The Kier molecular flexibility index (Phi) is 5.56. The van der Waals surface area contributed by atoms with Gasteiger partial charge < -0.3 is 9.88 Å². The lowest BCUT2D eigenvalue weighted by Crippen LogP contribution is -2.50. The van der Waals surface area contributed by atoms with Crippen LogP contribution in [0.3, 0.4) is 0 Å². The molecule has 1 aliphatic carbocycles. The van der Waals surface area contributed by atoms with Crippen molar-refractivity contribution in [1.82, 2.24) is 5.32 Å². The van der Waals surface area contributed by atoms with E-state index >= 15 is 0 Å². The first-order valence-electron chi connectivity index (χ1n) is 9.62. The van der Waals surface area contributed by atoms with Crippen molar-refractivity contribution < 1.29 is 9.36 Å². The highest BCUT2D eigenvalue weighted by atomic mass is 31.2. The zero-order valence-corrected chi connectivity index (χ0v) is 19.6. The molecule has 1 amide bonds. The fourth-order valence-electron chi connectivity index (χ4n) is 4.50. The van der Waals surface area contributed by atoms with Crippen molar-refractivity contribution >= 4 is 13.0 Å². The van der Waals surface area contributed by atoms with Crippen LogP contribution in [0.25, 0.3) is 0 Å². The fourth-order valence-corrected chi connectivity index (χ4v) is 10.3. The molecule has 2 atom stereocenters. The first-order valence-corrected chi connectivity index (χ1v) is 11.3. The number of nitrogens with one attached hydrogen (secondary N) is 1. The third kappa shape index (κ3) is 4.18. The molecule has 3 nitrogen and oxygen atoms in total. The van der Waals surface area contributed by atoms with E-state index < -0.39 is 17.8 Å². The summed E-state index contributed by atoms with van der Waals surface area (Å²) in [6.07, 6.45) is 1.81. The summed E-state index contributed by atoms with van der Waals surface area (Å²) in [7, 11) is -2.78. The normalized spacial score (nSPS) is 25.7. The van der Waals surface area contributed by atoms with Gasteiger partial charge in [0.05, 0.1) is 5.28 Å². The highest BCUT2D eigenvalue weighted by Crippen LogP contribution is 2.83. The molecule has 0 saturated heterocycles. The number of hydrogen-bond donors (Lipinski definition) is 1. The van der Waals surface area contributed by atoms with Crippen LogP contribution >= 0.6 is 7.14 Å². The molecule has 148 valence electrons. The van der Waals surface area contributed by atoms with E-state index in [2.05, 4.69) is 67.6 Å². The van der Waals surface area contributed by atoms with Gasteiger partial charge in [0.2, 0.25) is 5.91 Å². The average Bonchev–Trinajstić information content (AvgIpc) is 2.95. The van der Waals surface area contributed by atoms with E-state index in [9.17, 15) is 9.36 Å². The number of carbonyl (C=O) groups excluding carboxylic acids is 1. The monoisotopic (exact) mass is 371 g/mol. The molecule has 25 heavy (non-hydrogen) atoms. The van der Waals surface area contributed by atoms with Crippen LogP contribution in [-0.4, -0.2) is 21.5 Å². The number of amides is 1. The Bertz CT molecular complexity index is 549. The van der Waals surface area contributed by atoms with Crippen molar-refractivity contribution in [1.29, 1.82) is 0 Å². The predicted octanol–water partition coefficient (Wildman–Crippen LogP) is 6.26. The van der Waals surface area contributed by atoms with Crippen molar-refractivity contribution in [3.8, 4) is 0 Å². The molecule has 1 rings (SSSR count). The number of rotatable bonds is 3. The summed E-state index contributed by atoms with van der Waals surface area (Å²) in [6.45, 7) is 24.9. The molecule has 1 saturated carbocycles. The average molecular weight is 372 g/mol. The van der Waals surface area contributed by atoms with Crippen molar-refractivity contribution in [2.45, 2.75) is 112 Å². The zero-order valence-electron chi connectivity index (χ0n) is 18.8. The van der Waals surface area contributed by atoms with Gasteiger partial charge in [-0.05, 0) is 24.2 Å². The zero-order chi connectivity index (χ0) is 20.3. The SMILES string of the molecule is CC(C)(C)C[C@@H]1C[C@@]1(NC(=O)C(C)(C)C)P(=O)(C(C)(C)C)C(C)(C)C. The van der Waals surface area contributed by atoms with Crippen molar-refractivity contribution in [3.05, 3.63) is 0 Å². The summed E-state index contributed by atoms with van der Waals surface area (Å²) < 4.78 is 14.7. The quantitative estimate of drug-likeness (QED) is 0.595. The molecule has 0 heterocycles. The van der Waals surface area contributed by atoms with Crippen LogP contribution in [0.1, 0.15) is 95.9 Å². The van der Waals surface area contributed by atoms with E-state index in [0.717, 1.165) is 12.8 Å². The van der Waals surface area contributed by atoms with Crippen LogP contribution in [0.5, 0.6) is 0 Å². The second-order valence-electron chi connectivity index (χ2n) is 12.2. The molecule has 1 fully saturated rings. The van der Waals surface area contributed by atoms with Crippen LogP contribution in [0.4, 0.5) is 0 Å². The Morgan fingerprint density at radius 2 is 1.32 bits per heavy atom. The first kappa shape index (κ1) is 22.7. The molecule has 0 aromatic rings. The molecule has 0 spiro atoms. The van der Waals surface area contributed by atoms with Gasteiger partial charge in [-0.2, -0.15) is 0 Å². The fraction of sp³-hybridized carbons (Fsp3) is 0.952. The summed E-state index contributed by atoms with van der Waals surface area (Å²) >= 11 is 0. The van der Waals surface area contributed by atoms with E-state index in [0.29, 0.717) is 0 Å². The maximum atomic E-state index is 14.7. The van der Waals surface area contributed by atoms with Gasteiger partial charge in [-0.1, -0.05) is 83.1 Å². The van der Waals surface area contributed by atoms with Gasteiger partial charge in [0.15, 0.2) is 0 Å². The van der Waals surface area contributed by atoms with E-state index in [1.807, 2.05) is 20.8 Å². The third-order valence-electron chi connectivity index (χ3n) is 5.39. The van der Waals surface area contributed by atoms with E-state index in [4.69, 9.17) is 0 Å². The lowest BCUT2D eigenvalue weighted by molar-refractivity contribution is -0.129. The molecule has 0 radical (unpaired) electrons. The summed E-state index contributed by atoms with van der Waals surface area (Å²) in [5.74, 6) is 0.292. The van der Waals surface area contributed by atoms with E-state index in [1.165, 1.54) is 0 Å². The third-order valence-corrected chi connectivity index (χ3v) is 11.0. The van der Waals surface area contributed by atoms with Gasteiger partial charge >= 0.3 is 0 Å². The molecular formula is C21H42NO2P. The molecule has 0 aromatic heterocycles. The molecule has 0 bridgehead atoms. The van der Waals surface area contributed by atoms with Crippen LogP contribution in [0, 0.1) is 16.7 Å². The van der Waals surface area contributed by atoms with Gasteiger partial charge in [-0.3, -0.25) is 4.79 Å². The Hall–Kier alpha value is -0.300. The standard InChI is InChI=1S/C21H42NO2P/c1-17(2,3)13-15-14-21(15,22-16(23)18(4,5)6)25(24,19(7,8)9)20(10,11)12/h15H,13-14H2,1-12H3,(H,22,23)/t15-,21-/m1/s1. The summed E-state index contributed by atoms with van der Waals surface area (Å²) in [5.41, 5.74) is -0.331. The lowest BCUT2D eigenvalue weighted by Gasteiger charge is -2.48. The molecule has 0 aliphatic heterocycles. The highest BCUT2D eigenvalue weighted by Gasteiger charge is 2.72. The predicted molar refractivity (Wildman–Crippen MR) is 110 cm³/mol. The summed E-state index contributed by atoms with van der Waals surface area (Å²) in [6, 6.07) is 0. The largest absolute Gasteiger partial charge is 0.343 e. The topological polar surface area (TPSA) is 46.2 Å². The van der Waals surface area contributed by atoms with Crippen molar-refractivity contribution in [3.63, 3.8) is 0 Å². The maximum absolute atomic E-state index is 14.7. The molecule has 1 N–H and O–H groups in total. The summed E-state index contributed by atoms with van der Waals surface area (Å²) in [5, 5.41) is 2.05. The Labute approximate surface area is 156 Å². The minimum atomic E-state index is -2.78. The minimum Gasteiger partial charge on any atom is -0.343 e. The highest BCUT2D eigenvalue weighted by molar-refractivity contribution is 7.68. The molecular weight excluding hydrogens is 329 g/mol. The second kappa shape index (κ2) is 6.11. The second-order valence-corrected chi connectivity index (χ2v) is 16.9. The van der Waals surface area contributed by atoms with Crippen molar-refractivity contribution in [2.24, 2.45) is 16.7 Å².